The molecule has 1 heterocycles. The van der Waals surface area contributed by atoms with E-state index in [1.807, 2.05) is 18.2 Å². The number of benzene rings is 1. The Balaban J connectivity index is 1.66. The van der Waals surface area contributed by atoms with Crippen LogP contribution in [0.15, 0.2) is 18.2 Å². The highest BCUT2D eigenvalue weighted by molar-refractivity contribution is 5.85. The second kappa shape index (κ2) is 7.12. The van der Waals surface area contributed by atoms with Crippen LogP contribution in [0.4, 0.5) is 5.69 Å². The Morgan fingerprint density at radius 1 is 1.20 bits per heavy atom. The number of carbonyl (C=O) groups is 1. The van der Waals surface area contributed by atoms with Crippen LogP contribution in [0.3, 0.4) is 0 Å². The number of amides is 1. The fourth-order valence-corrected chi connectivity index (χ4v) is 3.55. The molecule has 1 aromatic carbocycles. The Labute approximate surface area is 149 Å². The second-order valence-corrected chi connectivity index (χ2v) is 7.26. The number of anilines is 1. The topological polar surface area (TPSA) is 71.0 Å². The van der Waals surface area contributed by atoms with Gasteiger partial charge in [0.15, 0.2) is 0 Å². The summed E-state index contributed by atoms with van der Waals surface area (Å²) in [4.78, 5) is 14.5. The van der Waals surface area contributed by atoms with Gasteiger partial charge in [-0.15, -0.1) is 0 Å². The highest BCUT2D eigenvalue weighted by atomic mass is 16.5. The van der Waals surface area contributed by atoms with Crippen molar-refractivity contribution in [2.24, 2.45) is 5.92 Å². The van der Waals surface area contributed by atoms with Gasteiger partial charge in [0.05, 0.1) is 14.2 Å². The maximum Gasteiger partial charge on any atom is 0.254 e. The van der Waals surface area contributed by atoms with Gasteiger partial charge in [0.25, 0.3) is 5.91 Å². The molecule has 6 heteroatoms. The van der Waals surface area contributed by atoms with Gasteiger partial charge in [0.1, 0.15) is 17.1 Å². The van der Waals surface area contributed by atoms with E-state index in [1.54, 1.807) is 26.0 Å². The third kappa shape index (κ3) is 4.00. The van der Waals surface area contributed by atoms with Crippen molar-refractivity contribution in [2.75, 3.05) is 32.6 Å². The summed E-state index contributed by atoms with van der Waals surface area (Å²) in [5.41, 5.74) is -0.314. The van der Waals surface area contributed by atoms with E-state index >= 15 is 0 Å². The minimum Gasteiger partial charge on any atom is -0.497 e. The average Bonchev–Trinajstić information content (AvgIpc) is 3.46. The first-order valence-corrected chi connectivity index (χ1v) is 8.95. The molecule has 0 spiro atoms. The number of nitrogens with zero attached hydrogens (tertiary/aromatic N) is 1. The predicted octanol–water partition coefficient (Wildman–Crippen LogP) is 2.27. The lowest BCUT2D eigenvalue weighted by Crippen LogP contribution is -2.53. The lowest BCUT2D eigenvalue weighted by atomic mass is 9.96. The van der Waals surface area contributed by atoms with Gasteiger partial charge < -0.3 is 24.8 Å². The van der Waals surface area contributed by atoms with Crippen LogP contribution in [0.5, 0.6) is 11.5 Å². The summed E-state index contributed by atoms with van der Waals surface area (Å²) < 4.78 is 10.6. The molecule has 25 heavy (non-hydrogen) atoms. The molecule has 1 amide bonds. The highest BCUT2D eigenvalue weighted by Crippen LogP contribution is 2.40. The summed E-state index contributed by atoms with van der Waals surface area (Å²) >= 11 is 0. The van der Waals surface area contributed by atoms with Gasteiger partial charge >= 0.3 is 0 Å². The van der Waals surface area contributed by atoms with E-state index in [0.717, 1.165) is 42.9 Å². The Bertz CT molecular complexity index is 606. The zero-order valence-electron chi connectivity index (χ0n) is 15.2. The van der Waals surface area contributed by atoms with Crippen molar-refractivity contribution in [2.45, 2.75) is 44.2 Å². The molecule has 2 fully saturated rings. The van der Waals surface area contributed by atoms with E-state index in [1.165, 1.54) is 0 Å². The van der Waals surface area contributed by atoms with Crippen LogP contribution in [0.25, 0.3) is 0 Å². The molecule has 2 atom stereocenters. The van der Waals surface area contributed by atoms with Gasteiger partial charge in [0.2, 0.25) is 0 Å². The first-order valence-electron chi connectivity index (χ1n) is 8.95. The monoisotopic (exact) mass is 348 g/mol. The van der Waals surface area contributed by atoms with Crippen LogP contribution in [-0.4, -0.2) is 54.9 Å². The fourth-order valence-electron chi connectivity index (χ4n) is 3.55. The van der Waals surface area contributed by atoms with Crippen molar-refractivity contribution in [3.63, 3.8) is 0 Å². The zero-order chi connectivity index (χ0) is 18.0. The minimum atomic E-state index is -1.22. The van der Waals surface area contributed by atoms with Crippen LogP contribution in [0.1, 0.15) is 32.6 Å². The molecule has 2 N–H and O–H groups in total. The maximum atomic E-state index is 12.7. The third-order valence-corrected chi connectivity index (χ3v) is 5.24. The SMILES string of the molecule is COc1cc(NC2CCCN(C(=O)C(C)(O)C3CC3)C2)cc(OC)c1. The molecular formula is C19H28N2O4. The van der Waals surface area contributed by atoms with E-state index in [2.05, 4.69) is 5.32 Å². The molecule has 0 bridgehead atoms. The molecular weight excluding hydrogens is 320 g/mol. The number of carbonyl (C=O) groups excluding carboxylic acids is 1. The maximum absolute atomic E-state index is 12.7. The molecule has 1 aliphatic carbocycles. The Morgan fingerprint density at radius 2 is 1.84 bits per heavy atom. The van der Waals surface area contributed by atoms with Gasteiger partial charge in [0, 0.05) is 43.0 Å². The average molecular weight is 348 g/mol. The van der Waals surface area contributed by atoms with Crippen LogP contribution in [0, 0.1) is 5.92 Å². The normalized spacial score (nSPS) is 22.9. The fraction of sp³-hybridized carbons (Fsp3) is 0.632. The molecule has 0 radical (unpaired) electrons. The number of ether oxygens (including phenoxy) is 2. The minimum absolute atomic E-state index is 0.121. The number of piperidine rings is 1. The van der Waals surface area contributed by atoms with E-state index in [4.69, 9.17) is 9.47 Å². The van der Waals surface area contributed by atoms with Gasteiger partial charge in [-0.05, 0) is 38.5 Å². The van der Waals surface area contributed by atoms with Gasteiger partial charge in [-0.25, -0.2) is 0 Å². The summed E-state index contributed by atoms with van der Waals surface area (Å²) in [5.74, 6) is 1.44. The number of rotatable bonds is 6. The summed E-state index contributed by atoms with van der Waals surface area (Å²) in [6.07, 6.45) is 3.79. The zero-order valence-corrected chi connectivity index (χ0v) is 15.2. The summed E-state index contributed by atoms with van der Waals surface area (Å²) in [5, 5.41) is 14.0. The number of aliphatic hydroxyl groups is 1. The van der Waals surface area contributed by atoms with Crippen molar-refractivity contribution >= 4 is 11.6 Å². The highest BCUT2D eigenvalue weighted by Gasteiger charge is 2.48. The number of nitrogens with one attached hydrogen (secondary N) is 1. The molecule has 1 aromatic rings. The van der Waals surface area contributed by atoms with Crippen molar-refractivity contribution in [3.05, 3.63) is 18.2 Å². The van der Waals surface area contributed by atoms with Crippen LogP contribution < -0.4 is 14.8 Å². The quantitative estimate of drug-likeness (QED) is 0.825. The van der Waals surface area contributed by atoms with E-state index < -0.39 is 5.60 Å². The van der Waals surface area contributed by atoms with Crippen molar-refractivity contribution in [1.29, 1.82) is 0 Å². The molecule has 2 unspecified atom stereocenters. The Hall–Kier alpha value is -1.95. The molecule has 1 saturated carbocycles. The Kier molecular flexibility index (Phi) is 5.08. The number of hydrogen-bond donors (Lipinski definition) is 2. The third-order valence-electron chi connectivity index (χ3n) is 5.24. The first kappa shape index (κ1) is 17.9. The van der Waals surface area contributed by atoms with Gasteiger partial charge in [-0.3, -0.25) is 4.79 Å². The molecule has 6 nitrogen and oxygen atoms in total. The molecule has 1 saturated heterocycles. The van der Waals surface area contributed by atoms with Crippen LogP contribution in [0.2, 0.25) is 0 Å². The van der Waals surface area contributed by atoms with Crippen molar-refractivity contribution in [1.82, 2.24) is 4.90 Å². The number of likely N-dealkylation sites (tertiary alicyclic amines) is 1. The van der Waals surface area contributed by atoms with Gasteiger partial charge in [-0.2, -0.15) is 0 Å². The molecule has 138 valence electrons. The first-order chi connectivity index (χ1) is 11.9. The summed E-state index contributed by atoms with van der Waals surface area (Å²) in [7, 11) is 3.25. The van der Waals surface area contributed by atoms with Crippen molar-refractivity contribution in [3.8, 4) is 11.5 Å². The Morgan fingerprint density at radius 3 is 2.40 bits per heavy atom. The molecule has 1 aliphatic heterocycles. The van der Waals surface area contributed by atoms with E-state index in [0.29, 0.717) is 13.1 Å². The van der Waals surface area contributed by atoms with Gasteiger partial charge in [-0.1, -0.05) is 0 Å². The molecule has 3 rings (SSSR count). The predicted molar refractivity (Wildman–Crippen MR) is 96.1 cm³/mol. The van der Waals surface area contributed by atoms with Crippen LogP contribution >= 0.6 is 0 Å². The largest absolute Gasteiger partial charge is 0.497 e. The van der Waals surface area contributed by atoms with E-state index in [9.17, 15) is 9.90 Å². The van der Waals surface area contributed by atoms with Crippen molar-refractivity contribution < 1.29 is 19.4 Å². The standard InChI is InChI=1S/C19H28N2O4/c1-19(23,13-6-7-13)18(22)21-8-4-5-14(12-21)20-15-9-16(24-2)11-17(10-15)25-3/h9-11,13-14,20,23H,4-8,12H2,1-3H3. The summed E-state index contributed by atoms with van der Waals surface area (Å²) in [6, 6.07) is 5.81. The smallest absolute Gasteiger partial charge is 0.254 e. The van der Waals surface area contributed by atoms with Crippen LogP contribution in [-0.2, 0) is 4.79 Å². The lowest BCUT2D eigenvalue weighted by Gasteiger charge is -2.37. The lowest BCUT2D eigenvalue weighted by molar-refractivity contribution is -0.152. The number of hydrogen-bond acceptors (Lipinski definition) is 5. The molecule has 0 aromatic heterocycles. The molecule has 2 aliphatic rings. The van der Waals surface area contributed by atoms with E-state index in [-0.39, 0.29) is 17.9 Å². The summed E-state index contributed by atoms with van der Waals surface area (Å²) in [6.45, 7) is 2.97. The second-order valence-electron chi connectivity index (χ2n) is 7.26. The number of methoxy groups -OCH3 is 2.